The molecule has 0 amide bonds. The molecule has 2 rings (SSSR count). The summed E-state index contributed by atoms with van der Waals surface area (Å²) in [6.07, 6.45) is -4.14. The number of benzene rings is 1. The molecule has 1 unspecified atom stereocenters. The first-order valence-electron chi connectivity index (χ1n) is 6.38. The van der Waals surface area contributed by atoms with Crippen molar-refractivity contribution < 1.29 is 22.6 Å². The quantitative estimate of drug-likeness (QED) is 0.726. The Labute approximate surface area is 126 Å². The average molecular weight is 321 g/mol. The third-order valence-electron chi connectivity index (χ3n) is 3.25. The second-order valence-electron chi connectivity index (χ2n) is 5.87. The van der Waals surface area contributed by atoms with Crippen molar-refractivity contribution in [3.63, 3.8) is 0 Å². The minimum absolute atomic E-state index is 0.121. The minimum Gasteiger partial charge on any atom is -0.495 e. The van der Waals surface area contributed by atoms with E-state index in [1.165, 1.54) is 13.2 Å². The van der Waals surface area contributed by atoms with Crippen LogP contribution in [0, 0.1) is 0 Å². The fourth-order valence-electron chi connectivity index (χ4n) is 2.17. The van der Waals surface area contributed by atoms with Gasteiger partial charge in [-0.3, -0.25) is 0 Å². The first kappa shape index (κ1) is 16.0. The van der Waals surface area contributed by atoms with Gasteiger partial charge in [0.05, 0.1) is 12.1 Å². The molecule has 0 N–H and O–H groups in total. The smallest absolute Gasteiger partial charge is 0.429 e. The Morgan fingerprint density at radius 1 is 1.24 bits per heavy atom. The van der Waals surface area contributed by atoms with Crippen LogP contribution in [0.5, 0.6) is 11.5 Å². The summed E-state index contributed by atoms with van der Waals surface area (Å²) >= 11 is 6.26. The van der Waals surface area contributed by atoms with Gasteiger partial charge in [-0.1, -0.05) is 32.4 Å². The zero-order valence-corrected chi connectivity index (χ0v) is 12.9. The zero-order valence-electron chi connectivity index (χ0n) is 12.1. The molecule has 2 nitrogen and oxygen atoms in total. The van der Waals surface area contributed by atoms with Crippen LogP contribution in [0.3, 0.4) is 0 Å². The van der Waals surface area contributed by atoms with Crippen LogP contribution in [-0.2, 0) is 5.41 Å². The summed E-state index contributed by atoms with van der Waals surface area (Å²) in [6, 6.07) is 1.57. The molecule has 21 heavy (non-hydrogen) atoms. The largest absolute Gasteiger partial charge is 0.495 e. The van der Waals surface area contributed by atoms with E-state index >= 15 is 0 Å². The predicted octanol–water partition coefficient (Wildman–Crippen LogP) is 4.98. The lowest BCUT2D eigenvalue weighted by Crippen LogP contribution is -2.34. The van der Waals surface area contributed by atoms with E-state index in [0.29, 0.717) is 16.9 Å². The molecule has 1 aliphatic rings. The number of ether oxygens (including phenoxy) is 2. The van der Waals surface area contributed by atoms with Crippen molar-refractivity contribution in [2.24, 2.45) is 0 Å². The normalized spacial score (nSPS) is 18.2. The third-order valence-corrected chi connectivity index (χ3v) is 3.62. The van der Waals surface area contributed by atoms with Crippen molar-refractivity contribution in [3.05, 3.63) is 28.3 Å². The minimum atomic E-state index is -4.46. The Balaban J connectivity index is 2.59. The van der Waals surface area contributed by atoms with E-state index in [0.717, 1.165) is 6.08 Å². The van der Waals surface area contributed by atoms with E-state index < -0.39 is 12.3 Å². The molecule has 0 aliphatic carbocycles. The molecular formula is C15H16ClF3O2. The second kappa shape index (κ2) is 5.13. The first-order valence-corrected chi connectivity index (χ1v) is 6.76. The van der Waals surface area contributed by atoms with Gasteiger partial charge in [0.25, 0.3) is 0 Å². The summed E-state index contributed by atoms with van der Waals surface area (Å²) in [7, 11) is 1.48. The number of halogens is 4. The van der Waals surface area contributed by atoms with E-state index in [9.17, 15) is 13.2 Å². The van der Waals surface area contributed by atoms with Gasteiger partial charge in [0.2, 0.25) is 6.10 Å². The van der Waals surface area contributed by atoms with Crippen LogP contribution in [0.4, 0.5) is 13.2 Å². The highest BCUT2D eigenvalue weighted by atomic mass is 35.5. The molecule has 0 spiro atoms. The molecule has 1 aromatic rings. The van der Waals surface area contributed by atoms with Crippen LogP contribution in [0.2, 0.25) is 5.02 Å². The first-order chi connectivity index (χ1) is 9.55. The predicted molar refractivity (Wildman–Crippen MR) is 76.2 cm³/mol. The summed E-state index contributed by atoms with van der Waals surface area (Å²) in [6.45, 7) is 5.77. The molecule has 1 atom stereocenters. The Hall–Kier alpha value is -1.36. The molecule has 116 valence electrons. The Morgan fingerprint density at radius 3 is 2.33 bits per heavy atom. The van der Waals surface area contributed by atoms with Crippen LogP contribution < -0.4 is 9.47 Å². The Morgan fingerprint density at radius 2 is 1.86 bits per heavy atom. The second-order valence-corrected chi connectivity index (χ2v) is 6.25. The van der Waals surface area contributed by atoms with Gasteiger partial charge in [-0.15, -0.1) is 0 Å². The van der Waals surface area contributed by atoms with E-state index in [-0.39, 0.29) is 16.2 Å². The topological polar surface area (TPSA) is 18.5 Å². The summed E-state index contributed by atoms with van der Waals surface area (Å²) in [5.74, 6) is 0.581. The van der Waals surface area contributed by atoms with Crippen molar-refractivity contribution in [1.82, 2.24) is 0 Å². The van der Waals surface area contributed by atoms with Gasteiger partial charge in [-0.05, 0) is 23.6 Å². The fraction of sp³-hybridized carbons (Fsp3) is 0.467. The van der Waals surface area contributed by atoms with Crippen molar-refractivity contribution in [2.75, 3.05) is 7.11 Å². The summed E-state index contributed by atoms with van der Waals surface area (Å²) in [4.78, 5) is 0. The molecule has 0 bridgehead atoms. The standard InChI is InChI=1S/C15H16ClF3O2/c1-14(2,3)9-7-10-8(12(16)13(9)20-4)5-6-11(21-10)15(17,18)19/h5-7,11H,1-4H3. The van der Waals surface area contributed by atoms with Crippen LogP contribution >= 0.6 is 11.6 Å². The number of hydrogen-bond donors (Lipinski definition) is 0. The van der Waals surface area contributed by atoms with Crippen molar-refractivity contribution >= 4 is 17.7 Å². The van der Waals surface area contributed by atoms with E-state index in [1.807, 2.05) is 20.8 Å². The number of hydrogen-bond acceptors (Lipinski definition) is 2. The van der Waals surface area contributed by atoms with Crippen molar-refractivity contribution in [2.45, 2.75) is 38.5 Å². The molecule has 0 saturated heterocycles. The van der Waals surface area contributed by atoms with Gasteiger partial charge in [0.1, 0.15) is 11.5 Å². The zero-order chi connectivity index (χ0) is 16.0. The molecule has 0 fully saturated rings. The summed E-state index contributed by atoms with van der Waals surface area (Å²) < 4.78 is 48.7. The molecule has 6 heteroatoms. The van der Waals surface area contributed by atoms with Crippen molar-refractivity contribution in [1.29, 1.82) is 0 Å². The lowest BCUT2D eigenvalue weighted by Gasteiger charge is -2.29. The molecule has 1 aromatic carbocycles. The highest BCUT2D eigenvalue weighted by Gasteiger charge is 2.42. The van der Waals surface area contributed by atoms with Crippen LogP contribution in [0.25, 0.3) is 6.08 Å². The fourth-order valence-corrected chi connectivity index (χ4v) is 2.50. The van der Waals surface area contributed by atoms with Crippen LogP contribution in [0.15, 0.2) is 12.1 Å². The monoisotopic (exact) mass is 320 g/mol. The highest BCUT2D eigenvalue weighted by Crippen LogP contribution is 2.46. The van der Waals surface area contributed by atoms with Gasteiger partial charge < -0.3 is 9.47 Å². The maximum absolute atomic E-state index is 12.8. The Bertz CT molecular complexity index is 586. The van der Waals surface area contributed by atoms with Crippen LogP contribution in [-0.4, -0.2) is 19.4 Å². The van der Waals surface area contributed by atoms with Crippen molar-refractivity contribution in [3.8, 4) is 11.5 Å². The molecule has 0 radical (unpaired) electrons. The van der Waals surface area contributed by atoms with E-state index in [4.69, 9.17) is 21.1 Å². The van der Waals surface area contributed by atoms with E-state index in [1.54, 1.807) is 6.07 Å². The SMILES string of the molecule is COc1c(C(C)(C)C)cc2c(c1Cl)C=CC(C(F)(F)F)O2. The van der Waals surface area contributed by atoms with Gasteiger partial charge >= 0.3 is 6.18 Å². The number of fused-ring (bicyclic) bond motifs is 1. The van der Waals surface area contributed by atoms with E-state index in [2.05, 4.69) is 0 Å². The maximum Gasteiger partial charge on any atom is 0.429 e. The maximum atomic E-state index is 12.8. The van der Waals surface area contributed by atoms with Gasteiger partial charge in [-0.25, -0.2) is 0 Å². The Kier molecular flexibility index (Phi) is 3.91. The van der Waals surface area contributed by atoms with Gasteiger partial charge in [-0.2, -0.15) is 13.2 Å². The van der Waals surface area contributed by atoms with Crippen LogP contribution in [0.1, 0.15) is 31.9 Å². The van der Waals surface area contributed by atoms with Gasteiger partial charge in [0.15, 0.2) is 0 Å². The molecule has 1 heterocycles. The average Bonchev–Trinajstić information content (AvgIpc) is 2.35. The lowest BCUT2D eigenvalue weighted by atomic mass is 9.85. The third kappa shape index (κ3) is 2.98. The number of methoxy groups -OCH3 is 1. The van der Waals surface area contributed by atoms with Gasteiger partial charge in [0, 0.05) is 11.1 Å². The lowest BCUT2D eigenvalue weighted by molar-refractivity contribution is -0.180. The number of alkyl halides is 3. The summed E-state index contributed by atoms with van der Waals surface area (Å²) in [5, 5.41) is 0.261. The molecule has 0 saturated carbocycles. The molecule has 0 aromatic heterocycles. The molecule has 1 aliphatic heterocycles. The molecular weight excluding hydrogens is 305 g/mol. The summed E-state index contributed by atoms with van der Waals surface area (Å²) in [5.41, 5.74) is 0.759. The highest BCUT2D eigenvalue weighted by molar-refractivity contribution is 6.34. The number of rotatable bonds is 1.